The van der Waals surface area contributed by atoms with Gasteiger partial charge in [0, 0.05) is 16.3 Å². The number of methoxy groups -OCH3 is 1. The minimum atomic E-state index is 0.492. The summed E-state index contributed by atoms with van der Waals surface area (Å²) in [4.78, 5) is 0. The maximum absolute atomic E-state index is 6.07. The molecule has 0 aliphatic rings. The Hall–Kier alpha value is -1.84. The van der Waals surface area contributed by atoms with Crippen molar-refractivity contribution in [2.75, 3.05) is 7.11 Å². The summed E-state index contributed by atoms with van der Waals surface area (Å²) in [5.41, 5.74) is 1.62. The Bertz CT molecular complexity index is 790. The average molecular weight is 305 g/mol. The van der Waals surface area contributed by atoms with Gasteiger partial charge in [-0.25, -0.2) is 0 Å². The summed E-state index contributed by atoms with van der Waals surface area (Å²) in [6, 6.07) is 13.2. The van der Waals surface area contributed by atoms with E-state index in [1.165, 1.54) is 0 Å². The quantitative estimate of drug-likeness (QED) is 0.693. The summed E-state index contributed by atoms with van der Waals surface area (Å²) < 4.78 is 5.24. The molecule has 0 unspecified atom stereocenters. The van der Waals surface area contributed by atoms with E-state index in [1.54, 1.807) is 19.2 Å². The Labute approximate surface area is 126 Å². The van der Waals surface area contributed by atoms with Gasteiger partial charge in [0.2, 0.25) is 5.88 Å². The largest absolute Gasteiger partial charge is 0.479 e. The third kappa shape index (κ3) is 2.19. The first-order chi connectivity index (χ1) is 9.70. The van der Waals surface area contributed by atoms with E-state index < -0.39 is 0 Å². The molecule has 0 aliphatic carbocycles. The summed E-state index contributed by atoms with van der Waals surface area (Å²) in [7, 11) is 1.58. The summed E-state index contributed by atoms with van der Waals surface area (Å²) in [6.45, 7) is 0. The molecule has 0 saturated heterocycles. The zero-order valence-corrected chi connectivity index (χ0v) is 12.1. The van der Waals surface area contributed by atoms with Crippen LogP contribution in [0.2, 0.25) is 10.0 Å². The fraction of sp³-hybridized carbons (Fsp3) is 0.0667. The van der Waals surface area contributed by atoms with Gasteiger partial charge < -0.3 is 4.74 Å². The Morgan fingerprint density at radius 3 is 2.35 bits per heavy atom. The molecular formula is C15H10Cl2N2O. The van der Waals surface area contributed by atoms with Gasteiger partial charge in [0.15, 0.2) is 0 Å². The first-order valence-corrected chi connectivity index (χ1v) is 6.71. The second-order valence-corrected chi connectivity index (χ2v) is 5.05. The Balaban J connectivity index is 2.29. The zero-order chi connectivity index (χ0) is 14.1. The van der Waals surface area contributed by atoms with Crippen molar-refractivity contribution in [3.05, 3.63) is 52.5 Å². The van der Waals surface area contributed by atoms with Crippen molar-refractivity contribution < 1.29 is 4.74 Å². The minimum Gasteiger partial charge on any atom is -0.479 e. The molecule has 20 heavy (non-hydrogen) atoms. The number of benzene rings is 2. The third-order valence-electron chi connectivity index (χ3n) is 3.04. The Kier molecular flexibility index (Phi) is 3.47. The van der Waals surface area contributed by atoms with E-state index in [9.17, 15) is 0 Å². The van der Waals surface area contributed by atoms with E-state index in [0.29, 0.717) is 15.9 Å². The monoisotopic (exact) mass is 304 g/mol. The van der Waals surface area contributed by atoms with Gasteiger partial charge in [-0.05, 0) is 18.2 Å². The molecule has 0 atom stereocenters. The van der Waals surface area contributed by atoms with Gasteiger partial charge in [-0.2, -0.15) is 0 Å². The molecule has 0 fully saturated rings. The van der Waals surface area contributed by atoms with Gasteiger partial charge in [-0.1, -0.05) is 47.5 Å². The van der Waals surface area contributed by atoms with Crippen molar-refractivity contribution >= 4 is 34.0 Å². The van der Waals surface area contributed by atoms with Crippen LogP contribution in [0.25, 0.3) is 22.0 Å². The highest BCUT2D eigenvalue weighted by molar-refractivity contribution is 6.42. The van der Waals surface area contributed by atoms with E-state index >= 15 is 0 Å². The van der Waals surface area contributed by atoms with Crippen LogP contribution >= 0.6 is 23.2 Å². The predicted molar refractivity (Wildman–Crippen MR) is 81.5 cm³/mol. The molecule has 0 N–H and O–H groups in total. The number of hydrogen-bond donors (Lipinski definition) is 0. The Morgan fingerprint density at radius 1 is 0.900 bits per heavy atom. The molecule has 1 heterocycles. The summed E-state index contributed by atoms with van der Waals surface area (Å²) >= 11 is 12.0. The third-order valence-corrected chi connectivity index (χ3v) is 3.78. The van der Waals surface area contributed by atoms with Crippen LogP contribution in [-0.2, 0) is 0 Å². The lowest BCUT2D eigenvalue weighted by Gasteiger charge is -2.08. The molecule has 3 aromatic rings. The van der Waals surface area contributed by atoms with Gasteiger partial charge in [0.05, 0.1) is 17.2 Å². The molecule has 0 radical (unpaired) electrons. The van der Waals surface area contributed by atoms with E-state index in [0.717, 1.165) is 22.0 Å². The van der Waals surface area contributed by atoms with Crippen molar-refractivity contribution in [3.8, 4) is 17.1 Å². The van der Waals surface area contributed by atoms with Crippen LogP contribution in [0.3, 0.4) is 0 Å². The summed E-state index contributed by atoms with van der Waals surface area (Å²) in [6.07, 6.45) is 0. The number of hydrogen-bond acceptors (Lipinski definition) is 3. The molecule has 1 aromatic heterocycles. The number of aromatic nitrogens is 2. The SMILES string of the molecule is COc1nnc(-c2ccc(Cl)c(Cl)c2)c2ccccc12. The van der Waals surface area contributed by atoms with Crippen LogP contribution in [0, 0.1) is 0 Å². The molecule has 0 spiro atoms. The topological polar surface area (TPSA) is 35.0 Å². The van der Waals surface area contributed by atoms with Gasteiger partial charge in [0.25, 0.3) is 0 Å². The molecule has 100 valence electrons. The average Bonchev–Trinajstić information content (AvgIpc) is 2.49. The van der Waals surface area contributed by atoms with Crippen molar-refractivity contribution in [3.63, 3.8) is 0 Å². The molecular weight excluding hydrogens is 295 g/mol. The number of fused-ring (bicyclic) bond motifs is 1. The molecule has 2 aromatic carbocycles. The normalized spacial score (nSPS) is 10.8. The predicted octanol–water partition coefficient (Wildman–Crippen LogP) is 4.61. The van der Waals surface area contributed by atoms with Crippen LogP contribution in [0.15, 0.2) is 42.5 Å². The number of ether oxygens (including phenoxy) is 1. The summed E-state index contributed by atoms with van der Waals surface area (Å²) in [5.74, 6) is 0.504. The lowest BCUT2D eigenvalue weighted by Crippen LogP contribution is -1.95. The second-order valence-electron chi connectivity index (χ2n) is 4.23. The minimum absolute atomic E-state index is 0.492. The molecule has 0 amide bonds. The first kappa shape index (κ1) is 13.2. The fourth-order valence-corrected chi connectivity index (χ4v) is 2.38. The number of rotatable bonds is 2. The Morgan fingerprint density at radius 2 is 1.65 bits per heavy atom. The van der Waals surface area contributed by atoms with Crippen LogP contribution in [0.4, 0.5) is 0 Å². The van der Waals surface area contributed by atoms with Gasteiger partial charge >= 0.3 is 0 Å². The molecule has 0 bridgehead atoms. The zero-order valence-electron chi connectivity index (χ0n) is 10.6. The van der Waals surface area contributed by atoms with Crippen molar-refractivity contribution in [1.29, 1.82) is 0 Å². The molecule has 3 rings (SSSR count). The second kappa shape index (κ2) is 5.27. The van der Waals surface area contributed by atoms with Gasteiger partial charge in [0.1, 0.15) is 5.69 Å². The maximum atomic E-state index is 6.07. The number of nitrogens with zero attached hydrogens (tertiary/aromatic N) is 2. The highest BCUT2D eigenvalue weighted by atomic mass is 35.5. The standard InChI is InChI=1S/C15H10Cl2N2O/c1-20-15-11-5-3-2-4-10(11)14(18-19-15)9-6-7-12(16)13(17)8-9/h2-8H,1H3. The van der Waals surface area contributed by atoms with Crippen molar-refractivity contribution in [2.45, 2.75) is 0 Å². The summed E-state index contributed by atoms with van der Waals surface area (Å²) in [5, 5.41) is 11.2. The lowest BCUT2D eigenvalue weighted by atomic mass is 10.1. The first-order valence-electron chi connectivity index (χ1n) is 5.95. The van der Waals surface area contributed by atoms with Crippen molar-refractivity contribution in [1.82, 2.24) is 10.2 Å². The molecule has 0 saturated carbocycles. The van der Waals surface area contributed by atoms with E-state index in [-0.39, 0.29) is 0 Å². The van der Waals surface area contributed by atoms with Gasteiger partial charge in [-0.3, -0.25) is 0 Å². The van der Waals surface area contributed by atoms with Crippen LogP contribution in [-0.4, -0.2) is 17.3 Å². The van der Waals surface area contributed by atoms with Crippen LogP contribution in [0.1, 0.15) is 0 Å². The van der Waals surface area contributed by atoms with Crippen LogP contribution in [0.5, 0.6) is 5.88 Å². The van der Waals surface area contributed by atoms with Crippen LogP contribution < -0.4 is 4.74 Å². The van der Waals surface area contributed by atoms with E-state index in [4.69, 9.17) is 27.9 Å². The van der Waals surface area contributed by atoms with Gasteiger partial charge in [-0.15, -0.1) is 10.2 Å². The molecule has 0 aliphatic heterocycles. The highest BCUT2D eigenvalue weighted by Gasteiger charge is 2.11. The highest BCUT2D eigenvalue weighted by Crippen LogP contribution is 2.33. The number of halogens is 2. The van der Waals surface area contributed by atoms with E-state index in [2.05, 4.69) is 10.2 Å². The van der Waals surface area contributed by atoms with E-state index in [1.807, 2.05) is 30.3 Å². The lowest BCUT2D eigenvalue weighted by molar-refractivity contribution is 0.398. The van der Waals surface area contributed by atoms with Crippen molar-refractivity contribution in [2.24, 2.45) is 0 Å². The smallest absolute Gasteiger partial charge is 0.241 e. The maximum Gasteiger partial charge on any atom is 0.241 e. The fourth-order valence-electron chi connectivity index (χ4n) is 2.09. The molecule has 3 nitrogen and oxygen atoms in total. The molecule has 5 heteroatoms.